The number of benzene rings is 1. The molecule has 3 aromatic rings. The van der Waals surface area contributed by atoms with Gasteiger partial charge in [0.25, 0.3) is 0 Å². The van der Waals surface area contributed by atoms with Crippen molar-refractivity contribution < 1.29 is 55.2 Å². The standard InChI is InChI=1S/C31H33F6N5O6/c1-4-21-15-23(27-24(6-7-25(41-27)46-2)42(21)29(45)48-10-9-43)40-28-38-16-18(5-8-26(44)47-3)22(39-28)13-17-11-19(30(32,33)34)14-20(12-17)31(35,36)37/h6-7,11-12,14,16,21,23,43H,4-5,8-10,13,15H2,1-3H3,(H,38,39,40)/t21-,23+/m1/s1. The van der Waals surface area contributed by atoms with E-state index in [0.29, 0.717) is 35.5 Å². The van der Waals surface area contributed by atoms with E-state index < -0.39 is 54.0 Å². The van der Waals surface area contributed by atoms with Gasteiger partial charge in [-0.15, -0.1) is 0 Å². The fourth-order valence-corrected chi connectivity index (χ4v) is 5.32. The Balaban J connectivity index is 1.76. The van der Waals surface area contributed by atoms with Crippen molar-refractivity contribution in [3.8, 4) is 5.88 Å². The Bertz CT molecular complexity index is 1590. The zero-order valence-corrected chi connectivity index (χ0v) is 26.1. The molecule has 0 aliphatic carbocycles. The van der Waals surface area contributed by atoms with Crippen LogP contribution in [0, 0.1) is 0 Å². The van der Waals surface area contributed by atoms with Gasteiger partial charge in [-0.1, -0.05) is 6.92 Å². The van der Waals surface area contributed by atoms with Crippen molar-refractivity contribution in [1.29, 1.82) is 0 Å². The topological polar surface area (TPSA) is 136 Å². The average molecular weight is 686 g/mol. The number of aromatic nitrogens is 3. The lowest BCUT2D eigenvalue weighted by molar-refractivity contribution is -0.143. The summed E-state index contributed by atoms with van der Waals surface area (Å²) in [5.74, 6) is -0.390. The summed E-state index contributed by atoms with van der Waals surface area (Å²) in [4.78, 5) is 39.6. The minimum Gasteiger partial charge on any atom is -0.481 e. The number of aliphatic hydroxyl groups is 1. The second-order valence-electron chi connectivity index (χ2n) is 10.8. The van der Waals surface area contributed by atoms with Crippen molar-refractivity contribution in [3.63, 3.8) is 0 Å². The van der Waals surface area contributed by atoms with E-state index in [1.165, 1.54) is 25.3 Å². The summed E-state index contributed by atoms with van der Waals surface area (Å²) < 4.78 is 96.7. The number of nitrogens with one attached hydrogen (secondary N) is 1. The van der Waals surface area contributed by atoms with E-state index in [-0.39, 0.29) is 61.6 Å². The third-order valence-corrected chi connectivity index (χ3v) is 7.64. The number of hydrogen-bond acceptors (Lipinski definition) is 10. The molecule has 1 aromatic carbocycles. The number of amides is 1. The number of ether oxygens (including phenoxy) is 3. The first-order valence-electron chi connectivity index (χ1n) is 14.8. The predicted molar refractivity (Wildman–Crippen MR) is 158 cm³/mol. The van der Waals surface area contributed by atoms with Crippen LogP contribution in [0.1, 0.15) is 65.9 Å². The molecule has 0 saturated heterocycles. The molecule has 0 saturated carbocycles. The van der Waals surface area contributed by atoms with Crippen LogP contribution >= 0.6 is 0 Å². The molecule has 1 amide bonds. The Morgan fingerprint density at radius 3 is 2.31 bits per heavy atom. The van der Waals surface area contributed by atoms with Gasteiger partial charge in [-0.3, -0.25) is 9.69 Å². The maximum Gasteiger partial charge on any atom is 0.416 e. The molecule has 48 heavy (non-hydrogen) atoms. The Labute approximate surface area is 271 Å². The number of nitrogens with zero attached hydrogens (tertiary/aromatic N) is 4. The van der Waals surface area contributed by atoms with Crippen LogP contribution in [-0.2, 0) is 39.5 Å². The molecule has 2 aromatic heterocycles. The molecule has 4 rings (SSSR count). The lowest BCUT2D eigenvalue weighted by Crippen LogP contribution is -2.46. The number of fused-ring (bicyclic) bond motifs is 1. The summed E-state index contributed by atoms with van der Waals surface area (Å²) in [6.45, 7) is 1.26. The van der Waals surface area contributed by atoms with Gasteiger partial charge in [0.15, 0.2) is 0 Å². The molecule has 11 nitrogen and oxygen atoms in total. The number of aliphatic hydroxyl groups excluding tert-OH is 1. The van der Waals surface area contributed by atoms with E-state index in [9.17, 15) is 35.9 Å². The first kappa shape index (κ1) is 36.2. The van der Waals surface area contributed by atoms with E-state index in [0.717, 1.165) is 0 Å². The van der Waals surface area contributed by atoms with Crippen LogP contribution in [0.4, 0.5) is 42.8 Å². The number of carbonyl (C=O) groups is 2. The number of hydrogen-bond donors (Lipinski definition) is 2. The fourth-order valence-electron chi connectivity index (χ4n) is 5.32. The Morgan fingerprint density at radius 1 is 1.04 bits per heavy atom. The zero-order valence-electron chi connectivity index (χ0n) is 26.1. The van der Waals surface area contributed by atoms with E-state index in [2.05, 4.69) is 25.0 Å². The number of anilines is 2. The van der Waals surface area contributed by atoms with Crippen LogP contribution in [0.25, 0.3) is 0 Å². The molecule has 260 valence electrons. The van der Waals surface area contributed by atoms with E-state index in [1.807, 2.05) is 6.92 Å². The highest BCUT2D eigenvalue weighted by atomic mass is 19.4. The smallest absolute Gasteiger partial charge is 0.416 e. The van der Waals surface area contributed by atoms with Crippen molar-refractivity contribution in [2.75, 3.05) is 37.7 Å². The maximum atomic E-state index is 13.6. The quantitative estimate of drug-likeness (QED) is 0.186. The van der Waals surface area contributed by atoms with Crippen LogP contribution in [-0.4, -0.2) is 65.6 Å². The molecular formula is C31H33F6N5O6. The first-order valence-corrected chi connectivity index (χ1v) is 14.8. The lowest BCUT2D eigenvalue weighted by atomic mass is 9.93. The zero-order chi connectivity index (χ0) is 35.2. The third-order valence-electron chi connectivity index (χ3n) is 7.64. The van der Waals surface area contributed by atoms with Gasteiger partial charge < -0.3 is 24.6 Å². The number of alkyl halides is 6. The summed E-state index contributed by atoms with van der Waals surface area (Å²) >= 11 is 0. The van der Waals surface area contributed by atoms with Gasteiger partial charge in [-0.2, -0.15) is 26.3 Å². The SMILES string of the molecule is CC[C@@H]1C[C@H](Nc2ncc(CCC(=O)OC)c(Cc3cc(C(F)(F)F)cc(C(F)(F)F)c3)n2)c2nc(OC)ccc2N1C(=O)OCCO. The van der Waals surface area contributed by atoms with Crippen molar-refractivity contribution in [3.05, 3.63) is 70.2 Å². The van der Waals surface area contributed by atoms with Crippen molar-refractivity contribution in [2.24, 2.45) is 0 Å². The van der Waals surface area contributed by atoms with Gasteiger partial charge in [0.1, 0.15) is 6.61 Å². The fraction of sp³-hybridized carbons (Fsp3) is 0.452. The molecule has 2 atom stereocenters. The van der Waals surface area contributed by atoms with Crippen molar-refractivity contribution in [2.45, 2.75) is 63.5 Å². The lowest BCUT2D eigenvalue weighted by Gasteiger charge is -2.39. The molecule has 2 N–H and O–H groups in total. The first-order chi connectivity index (χ1) is 22.7. The van der Waals surface area contributed by atoms with Crippen LogP contribution < -0.4 is 15.0 Å². The number of halogens is 6. The summed E-state index contributed by atoms with van der Waals surface area (Å²) in [6.07, 6.45) is -9.29. The molecule has 3 heterocycles. The van der Waals surface area contributed by atoms with Gasteiger partial charge in [0.2, 0.25) is 11.8 Å². The van der Waals surface area contributed by atoms with Gasteiger partial charge in [-0.25, -0.2) is 19.7 Å². The Morgan fingerprint density at radius 2 is 1.73 bits per heavy atom. The summed E-state index contributed by atoms with van der Waals surface area (Å²) in [6, 6.07) is 3.41. The van der Waals surface area contributed by atoms with Gasteiger partial charge >= 0.3 is 24.4 Å². The van der Waals surface area contributed by atoms with Crippen LogP contribution in [0.2, 0.25) is 0 Å². The number of rotatable bonds is 11. The van der Waals surface area contributed by atoms with Crippen molar-refractivity contribution >= 4 is 23.7 Å². The Hall–Kier alpha value is -4.67. The van der Waals surface area contributed by atoms with Gasteiger partial charge in [0.05, 0.1) is 55.1 Å². The molecule has 0 spiro atoms. The van der Waals surface area contributed by atoms with E-state index >= 15 is 0 Å². The van der Waals surface area contributed by atoms with Crippen LogP contribution in [0.15, 0.2) is 36.5 Å². The summed E-state index contributed by atoms with van der Waals surface area (Å²) in [5, 5.41) is 12.3. The minimum atomic E-state index is -5.04. The molecule has 0 fully saturated rings. The second kappa shape index (κ2) is 15.0. The summed E-state index contributed by atoms with van der Waals surface area (Å²) in [5.41, 5.74) is -2.12. The Kier molecular flexibility index (Phi) is 11.3. The number of methoxy groups -OCH3 is 2. The molecule has 17 heteroatoms. The number of aryl methyl sites for hydroxylation is 1. The van der Waals surface area contributed by atoms with E-state index in [4.69, 9.17) is 14.6 Å². The number of carbonyl (C=O) groups excluding carboxylic acids is 2. The van der Waals surface area contributed by atoms with Crippen LogP contribution in [0.3, 0.4) is 0 Å². The number of pyridine rings is 1. The normalized spacial score (nSPS) is 16.2. The predicted octanol–water partition coefficient (Wildman–Crippen LogP) is 5.89. The van der Waals surface area contributed by atoms with Crippen molar-refractivity contribution in [1.82, 2.24) is 15.0 Å². The highest BCUT2D eigenvalue weighted by molar-refractivity contribution is 5.90. The molecule has 0 bridgehead atoms. The molecular weight excluding hydrogens is 652 g/mol. The third kappa shape index (κ3) is 8.62. The van der Waals surface area contributed by atoms with Gasteiger partial charge in [-0.05, 0) is 54.7 Å². The molecule has 0 unspecified atom stereocenters. The maximum absolute atomic E-state index is 13.6. The monoisotopic (exact) mass is 685 g/mol. The molecule has 0 radical (unpaired) electrons. The molecule has 1 aliphatic heterocycles. The van der Waals surface area contributed by atoms with Crippen LogP contribution in [0.5, 0.6) is 5.88 Å². The highest BCUT2D eigenvalue weighted by Crippen LogP contribution is 2.40. The highest BCUT2D eigenvalue weighted by Gasteiger charge is 2.39. The summed E-state index contributed by atoms with van der Waals surface area (Å²) in [7, 11) is 2.58. The molecule has 1 aliphatic rings. The second-order valence-corrected chi connectivity index (χ2v) is 10.8. The largest absolute Gasteiger partial charge is 0.481 e. The van der Waals surface area contributed by atoms with Gasteiger partial charge in [0, 0.05) is 31.1 Å². The average Bonchev–Trinajstić information content (AvgIpc) is 3.05. The minimum absolute atomic E-state index is 0.00120. The van der Waals surface area contributed by atoms with E-state index in [1.54, 1.807) is 12.1 Å². The number of esters is 1.